The number of anilines is 1. The predicted octanol–water partition coefficient (Wildman–Crippen LogP) is 4.01. The number of nitrogens with zero attached hydrogens (tertiary/aromatic N) is 1. The molecule has 0 aliphatic carbocycles. The topological polar surface area (TPSA) is 69.8 Å². The van der Waals surface area contributed by atoms with E-state index in [1.807, 2.05) is 24.3 Å². The van der Waals surface area contributed by atoms with Crippen LogP contribution in [0.1, 0.15) is 5.56 Å². The van der Waals surface area contributed by atoms with E-state index in [0.29, 0.717) is 10.7 Å². The Bertz CT molecular complexity index is 824. The molecule has 0 atom stereocenters. The Morgan fingerprint density at radius 1 is 1.18 bits per heavy atom. The Balaban J connectivity index is 1.58. The summed E-state index contributed by atoms with van der Waals surface area (Å²) in [6.45, 7) is 0. The number of rotatable bonds is 3. The van der Waals surface area contributed by atoms with E-state index in [-0.39, 0.29) is 6.03 Å². The minimum absolute atomic E-state index is 0.316. The van der Waals surface area contributed by atoms with Crippen LogP contribution in [0.4, 0.5) is 10.5 Å². The third-order valence-corrected chi connectivity index (χ3v) is 3.29. The van der Waals surface area contributed by atoms with Gasteiger partial charge in [-0.3, -0.25) is 0 Å². The van der Waals surface area contributed by atoms with Crippen molar-refractivity contribution in [1.82, 2.24) is 15.3 Å². The van der Waals surface area contributed by atoms with Crippen LogP contribution in [0, 0.1) is 0 Å². The third kappa shape index (κ3) is 3.45. The van der Waals surface area contributed by atoms with Crippen LogP contribution in [0.3, 0.4) is 0 Å². The first-order valence-electron chi connectivity index (χ1n) is 6.63. The second-order valence-electron chi connectivity index (χ2n) is 4.62. The van der Waals surface area contributed by atoms with Crippen molar-refractivity contribution >= 4 is 40.4 Å². The highest BCUT2D eigenvalue weighted by Gasteiger charge is 2.01. The molecule has 3 rings (SSSR count). The molecule has 0 aliphatic heterocycles. The van der Waals surface area contributed by atoms with Gasteiger partial charge in [0.25, 0.3) is 0 Å². The van der Waals surface area contributed by atoms with E-state index in [1.165, 1.54) is 0 Å². The number of aromatic nitrogens is 2. The third-order valence-electron chi connectivity index (χ3n) is 3.04. The molecule has 1 heterocycles. The zero-order valence-corrected chi connectivity index (χ0v) is 12.3. The van der Waals surface area contributed by atoms with Crippen molar-refractivity contribution in [3.05, 3.63) is 65.6 Å². The van der Waals surface area contributed by atoms with Gasteiger partial charge >= 0.3 is 6.03 Å². The average molecular weight is 313 g/mol. The molecule has 0 unspecified atom stereocenters. The number of halogens is 1. The number of carbonyl (C=O) groups excluding carboxylic acids is 1. The maximum atomic E-state index is 11.8. The Hall–Kier alpha value is -2.79. The van der Waals surface area contributed by atoms with Gasteiger partial charge in [-0.1, -0.05) is 23.7 Å². The highest BCUT2D eigenvalue weighted by atomic mass is 35.5. The van der Waals surface area contributed by atoms with E-state index in [9.17, 15) is 4.79 Å². The average Bonchev–Trinajstić information content (AvgIpc) is 2.97. The van der Waals surface area contributed by atoms with E-state index in [0.717, 1.165) is 16.6 Å². The van der Waals surface area contributed by atoms with Crippen molar-refractivity contribution in [2.24, 2.45) is 0 Å². The Labute approximate surface area is 132 Å². The van der Waals surface area contributed by atoms with Crippen LogP contribution in [0.15, 0.2) is 55.0 Å². The maximum Gasteiger partial charge on any atom is 0.323 e. The number of fused-ring (bicyclic) bond motifs is 1. The van der Waals surface area contributed by atoms with Crippen LogP contribution in [0.5, 0.6) is 0 Å². The fourth-order valence-corrected chi connectivity index (χ4v) is 2.09. The van der Waals surface area contributed by atoms with E-state index in [2.05, 4.69) is 20.6 Å². The van der Waals surface area contributed by atoms with Crippen molar-refractivity contribution < 1.29 is 4.79 Å². The maximum absolute atomic E-state index is 11.8. The lowest BCUT2D eigenvalue weighted by Gasteiger charge is -2.04. The summed E-state index contributed by atoms with van der Waals surface area (Å²) in [6.07, 6.45) is 4.98. The minimum atomic E-state index is -0.316. The van der Waals surface area contributed by atoms with E-state index >= 15 is 0 Å². The molecule has 2 amide bonds. The summed E-state index contributed by atoms with van der Waals surface area (Å²) < 4.78 is 0. The van der Waals surface area contributed by atoms with Crippen molar-refractivity contribution in [2.45, 2.75) is 0 Å². The minimum Gasteiger partial charge on any atom is -0.345 e. The first kappa shape index (κ1) is 14.2. The molecule has 2 aromatic carbocycles. The number of hydrogen-bond acceptors (Lipinski definition) is 2. The normalized spacial score (nSPS) is 11.0. The number of carbonyl (C=O) groups is 1. The molecule has 0 radical (unpaired) electrons. The quantitative estimate of drug-likeness (QED) is 0.684. The fraction of sp³-hybridized carbons (Fsp3) is 0. The fourth-order valence-electron chi connectivity index (χ4n) is 1.97. The number of urea groups is 1. The molecular formula is C16H13ClN4O. The van der Waals surface area contributed by atoms with Gasteiger partial charge in [-0.15, -0.1) is 0 Å². The highest BCUT2D eigenvalue weighted by molar-refractivity contribution is 6.30. The van der Waals surface area contributed by atoms with Crippen molar-refractivity contribution in [2.75, 3.05) is 5.32 Å². The molecule has 3 N–H and O–H groups in total. The van der Waals surface area contributed by atoms with Crippen LogP contribution in [0.2, 0.25) is 5.02 Å². The smallest absolute Gasteiger partial charge is 0.323 e. The molecule has 6 heteroatoms. The number of H-pyrrole nitrogens is 1. The largest absolute Gasteiger partial charge is 0.345 e. The van der Waals surface area contributed by atoms with Gasteiger partial charge in [0, 0.05) is 16.9 Å². The number of amides is 2. The van der Waals surface area contributed by atoms with Crippen LogP contribution in [0.25, 0.3) is 17.1 Å². The monoisotopic (exact) mass is 312 g/mol. The summed E-state index contributed by atoms with van der Waals surface area (Å²) in [5, 5.41) is 6.07. The van der Waals surface area contributed by atoms with Crippen LogP contribution in [-0.4, -0.2) is 16.0 Å². The summed E-state index contributed by atoms with van der Waals surface area (Å²) >= 11 is 5.81. The van der Waals surface area contributed by atoms with Gasteiger partial charge in [0.2, 0.25) is 0 Å². The number of aromatic amines is 1. The summed E-state index contributed by atoms with van der Waals surface area (Å²) in [4.78, 5) is 18.9. The molecule has 3 aromatic rings. The first-order valence-corrected chi connectivity index (χ1v) is 7.01. The summed E-state index contributed by atoms with van der Waals surface area (Å²) in [5.41, 5.74) is 3.36. The lowest BCUT2D eigenvalue weighted by atomic mass is 10.2. The lowest BCUT2D eigenvalue weighted by molar-refractivity contribution is 0.255. The van der Waals surface area contributed by atoms with Crippen LogP contribution >= 0.6 is 11.6 Å². The van der Waals surface area contributed by atoms with Gasteiger partial charge in [-0.25, -0.2) is 9.78 Å². The highest BCUT2D eigenvalue weighted by Crippen LogP contribution is 2.15. The molecular weight excluding hydrogens is 300 g/mol. The predicted molar refractivity (Wildman–Crippen MR) is 88.7 cm³/mol. The molecule has 0 spiro atoms. The molecule has 5 nitrogen and oxygen atoms in total. The molecule has 1 aromatic heterocycles. The van der Waals surface area contributed by atoms with Crippen molar-refractivity contribution in [1.29, 1.82) is 0 Å². The van der Waals surface area contributed by atoms with Gasteiger partial charge in [-0.2, -0.15) is 0 Å². The molecule has 0 bridgehead atoms. The SMILES string of the molecule is O=C(N/C=C/c1ccc(Cl)cc1)Nc1ccc2nc[nH]c2c1. The first-order chi connectivity index (χ1) is 10.7. The zero-order valence-electron chi connectivity index (χ0n) is 11.5. The molecule has 0 saturated heterocycles. The van der Waals surface area contributed by atoms with Crippen molar-refractivity contribution in [3.8, 4) is 0 Å². The van der Waals surface area contributed by atoms with Gasteiger partial charge in [0.15, 0.2) is 0 Å². The Kier molecular flexibility index (Phi) is 4.07. The molecule has 0 saturated carbocycles. The number of benzene rings is 2. The Morgan fingerprint density at radius 2 is 2.00 bits per heavy atom. The second kappa shape index (κ2) is 6.32. The van der Waals surface area contributed by atoms with Gasteiger partial charge in [-0.05, 0) is 42.0 Å². The number of nitrogens with one attached hydrogen (secondary N) is 3. The van der Waals surface area contributed by atoms with E-state index < -0.39 is 0 Å². The molecule has 110 valence electrons. The van der Waals surface area contributed by atoms with Crippen molar-refractivity contribution in [3.63, 3.8) is 0 Å². The van der Waals surface area contributed by atoms with Gasteiger partial charge < -0.3 is 15.6 Å². The Morgan fingerprint density at radius 3 is 2.82 bits per heavy atom. The van der Waals surface area contributed by atoms with Gasteiger partial charge in [0.05, 0.1) is 17.4 Å². The van der Waals surface area contributed by atoms with E-state index in [4.69, 9.17) is 11.6 Å². The molecule has 22 heavy (non-hydrogen) atoms. The van der Waals surface area contributed by atoms with E-state index in [1.54, 1.807) is 36.8 Å². The zero-order chi connectivity index (χ0) is 15.4. The number of imidazole rings is 1. The van der Waals surface area contributed by atoms with Crippen LogP contribution < -0.4 is 10.6 Å². The molecule has 0 aliphatic rings. The summed E-state index contributed by atoms with van der Waals surface area (Å²) in [5.74, 6) is 0. The second-order valence-corrected chi connectivity index (χ2v) is 5.05. The van der Waals surface area contributed by atoms with Crippen LogP contribution in [-0.2, 0) is 0 Å². The molecule has 0 fully saturated rings. The van der Waals surface area contributed by atoms with Gasteiger partial charge in [0.1, 0.15) is 0 Å². The standard InChI is InChI=1S/C16H13ClN4O/c17-12-3-1-11(2-4-12)7-8-18-16(22)21-13-5-6-14-15(9-13)20-10-19-14/h1-10H,(H,19,20)(H2,18,21,22)/b8-7+. The number of hydrogen-bond donors (Lipinski definition) is 3. The summed E-state index contributed by atoms with van der Waals surface area (Å²) in [6, 6.07) is 12.5. The lowest BCUT2D eigenvalue weighted by Crippen LogP contribution is -2.23. The summed E-state index contributed by atoms with van der Waals surface area (Å²) in [7, 11) is 0.